The Labute approximate surface area is 263 Å². The van der Waals surface area contributed by atoms with Crippen molar-refractivity contribution in [2.45, 2.75) is 6.61 Å². The van der Waals surface area contributed by atoms with E-state index >= 15 is 0 Å². The first-order chi connectivity index (χ1) is 17.3. The molecule has 1 N–H and O–H groups in total. The smallest absolute Gasteiger partial charge is 0.193 e. The highest BCUT2D eigenvalue weighted by molar-refractivity contribution is 14.1. The predicted molar refractivity (Wildman–Crippen MR) is 176 cm³/mol. The minimum Gasteiger partial charge on any atom is -0.506 e. The quantitative estimate of drug-likeness (QED) is 0.137. The lowest BCUT2D eigenvalue weighted by Crippen LogP contribution is -2.07. The highest BCUT2D eigenvalue weighted by Gasteiger charge is 2.18. The van der Waals surface area contributed by atoms with Crippen molar-refractivity contribution in [1.82, 2.24) is 4.57 Å². The molecule has 4 aromatic carbocycles. The summed E-state index contributed by atoms with van der Waals surface area (Å²) in [5.41, 5.74) is 3.28. The van der Waals surface area contributed by atoms with Crippen LogP contribution in [0.1, 0.15) is 21.5 Å². The number of carbonyl (C=O) groups is 1. The first-order valence-corrected chi connectivity index (χ1v) is 15.1. The number of phenolic OH excluding ortho intramolecular Hbond substituents is 1. The van der Waals surface area contributed by atoms with Crippen molar-refractivity contribution in [2.75, 3.05) is 0 Å². The average Bonchev–Trinajstić information content (AvgIpc) is 3.30. The number of phenols is 1. The molecule has 0 saturated heterocycles. The fourth-order valence-corrected chi connectivity index (χ4v) is 7.80. The van der Waals surface area contributed by atoms with Crippen LogP contribution in [0.2, 0.25) is 0 Å². The molecule has 1 aromatic heterocycles. The van der Waals surface area contributed by atoms with Gasteiger partial charge in [-0.2, -0.15) is 0 Å². The van der Waals surface area contributed by atoms with Crippen molar-refractivity contribution in [3.05, 3.63) is 116 Å². The van der Waals surface area contributed by atoms with E-state index in [1.165, 1.54) is 10.8 Å². The number of fused-ring (bicyclic) bond motifs is 1. The molecule has 0 aliphatic carbocycles. The van der Waals surface area contributed by atoms with E-state index in [1.54, 1.807) is 12.1 Å². The standard InChI is InChI=1S/C28H17I4NO3/c29-21-9-19(10-22(30)27(21)35)26(34)20-11-23(31)28(24(32)12-20)36-15-18-7-3-4-8-25(18)33-13-16-5-1-2-6-17(16)14-33/h1-14,35H,15H2. The summed E-state index contributed by atoms with van der Waals surface area (Å²) in [6, 6.07) is 23.7. The molecule has 8 heteroatoms. The van der Waals surface area contributed by atoms with Crippen molar-refractivity contribution >= 4 is 107 Å². The second-order valence-electron chi connectivity index (χ2n) is 8.10. The molecular formula is C28H17I4NO3. The molecule has 0 unspecified atom stereocenters. The molecule has 0 saturated carbocycles. The molecule has 0 spiro atoms. The van der Waals surface area contributed by atoms with Crippen LogP contribution in [0.3, 0.4) is 0 Å². The van der Waals surface area contributed by atoms with Crippen LogP contribution in [0.4, 0.5) is 0 Å². The van der Waals surface area contributed by atoms with E-state index in [4.69, 9.17) is 4.74 Å². The maximum absolute atomic E-state index is 13.2. The monoisotopic (exact) mass is 923 g/mol. The maximum atomic E-state index is 13.2. The van der Waals surface area contributed by atoms with Crippen molar-refractivity contribution in [1.29, 1.82) is 0 Å². The molecule has 36 heavy (non-hydrogen) atoms. The minimum atomic E-state index is -0.0850. The average molecular weight is 923 g/mol. The number of hydrogen-bond donors (Lipinski definition) is 1. The minimum absolute atomic E-state index is 0.0850. The molecule has 5 aromatic rings. The van der Waals surface area contributed by atoms with Crippen molar-refractivity contribution < 1.29 is 14.6 Å². The Kier molecular flexibility index (Phi) is 8.12. The van der Waals surface area contributed by atoms with Gasteiger partial charge in [-0.3, -0.25) is 4.79 Å². The molecule has 0 aliphatic rings. The summed E-state index contributed by atoms with van der Waals surface area (Å²) in [7, 11) is 0. The Morgan fingerprint density at radius 3 is 1.83 bits per heavy atom. The fraction of sp³-hybridized carbons (Fsp3) is 0.0357. The summed E-state index contributed by atoms with van der Waals surface area (Å²) in [5.74, 6) is 0.877. The highest BCUT2D eigenvalue weighted by Crippen LogP contribution is 2.33. The number of aromatic nitrogens is 1. The summed E-state index contributed by atoms with van der Waals surface area (Å²) in [4.78, 5) is 13.2. The van der Waals surface area contributed by atoms with E-state index in [1.807, 2.05) is 81.6 Å². The molecule has 0 bridgehead atoms. The van der Waals surface area contributed by atoms with E-state index in [2.05, 4.69) is 86.4 Å². The Balaban J connectivity index is 1.40. The SMILES string of the molecule is O=C(c1cc(I)c(O)c(I)c1)c1cc(I)c(OCc2ccccc2-n2cc3ccccc3c2)c(I)c1. The lowest BCUT2D eigenvalue weighted by Gasteiger charge is -2.15. The van der Waals surface area contributed by atoms with Gasteiger partial charge >= 0.3 is 0 Å². The molecule has 180 valence electrons. The van der Waals surface area contributed by atoms with Crippen molar-refractivity contribution in [3.63, 3.8) is 0 Å². The summed E-state index contributed by atoms with van der Waals surface area (Å²) >= 11 is 8.53. The second kappa shape index (κ2) is 11.2. The van der Waals surface area contributed by atoms with Crippen LogP contribution in [0.5, 0.6) is 11.5 Å². The first-order valence-electron chi connectivity index (χ1n) is 10.8. The number of nitrogens with zero attached hydrogens (tertiary/aromatic N) is 1. The third kappa shape index (κ3) is 5.41. The third-order valence-electron chi connectivity index (χ3n) is 5.73. The Morgan fingerprint density at radius 2 is 1.25 bits per heavy atom. The van der Waals surface area contributed by atoms with Gasteiger partial charge in [0.1, 0.15) is 18.1 Å². The predicted octanol–water partition coefficient (Wildman–Crippen LogP) is 8.56. The third-order valence-corrected chi connectivity index (χ3v) is 8.98. The summed E-state index contributed by atoms with van der Waals surface area (Å²) in [5, 5.41) is 12.4. The van der Waals surface area contributed by atoms with Gasteiger partial charge in [-0.1, -0.05) is 42.5 Å². The van der Waals surface area contributed by atoms with Gasteiger partial charge in [0.2, 0.25) is 0 Å². The fourth-order valence-electron chi connectivity index (χ4n) is 3.95. The molecule has 0 atom stereocenters. The Hall–Kier alpha value is -1.39. The summed E-state index contributed by atoms with van der Waals surface area (Å²) in [6.45, 7) is 0.401. The van der Waals surface area contributed by atoms with Gasteiger partial charge in [-0.15, -0.1) is 0 Å². The normalized spacial score (nSPS) is 11.1. The van der Waals surface area contributed by atoms with Gasteiger partial charge in [0, 0.05) is 29.1 Å². The van der Waals surface area contributed by atoms with Gasteiger partial charge in [0.05, 0.1) is 20.0 Å². The zero-order valence-electron chi connectivity index (χ0n) is 18.5. The van der Waals surface area contributed by atoms with Crippen LogP contribution in [-0.2, 0) is 6.61 Å². The largest absolute Gasteiger partial charge is 0.506 e. The first kappa shape index (κ1) is 26.2. The Morgan fingerprint density at radius 1 is 0.750 bits per heavy atom. The highest BCUT2D eigenvalue weighted by atomic mass is 127. The zero-order valence-corrected chi connectivity index (χ0v) is 27.1. The molecule has 4 nitrogen and oxygen atoms in total. The number of para-hydroxylation sites is 1. The summed E-state index contributed by atoms with van der Waals surface area (Å²) in [6.07, 6.45) is 4.27. The molecular weight excluding hydrogens is 906 g/mol. The summed E-state index contributed by atoms with van der Waals surface area (Å²) < 4.78 is 11.5. The van der Waals surface area contributed by atoms with Gasteiger partial charge in [-0.05, 0) is 131 Å². The number of carbonyl (C=O) groups excluding carboxylic acids is 1. The lowest BCUT2D eigenvalue weighted by atomic mass is 10.0. The van der Waals surface area contributed by atoms with Crippen LogP contribution in [0, 0.1) is 14.3 Å². The number of hydrogen-bond acceptors (Lipinski definition) is 3. The number of ketones is 1. The molecule has 0 aliphatic heterocycles. The number of ether oxygens (including phenoxy) is 1. The van der Waals surface area contributed by atoms with Crippen LogP contribution >= 0.6 is 90.4 Å². The van der Waals surface area contributed by atoms with E-state index in [9.17, 15) is 9.90 Å². The second-order valence-corrected chi connectivity index (χ2v) is 12.7. The van der Waals surface area contributed by atoms with E-state index in [-0.39, 0.29) is 11.5 Å². The van der Waals surface area contributed by atoms with E-state index < -0.39 is 0 Å². The maximum Gasteiger partial charge on any atom is 0.193 e. The van der Waals surface area contributed by atoms with Crippen LogP contribution < -0.4 is 4.74 Å². The number of halogens is 4. The molecule has 0 amide bonds. The molecule has 0 radical (unpaired) electrons. The van der Waals surface area contributed by atoms with Crippen molar-refractivity contribution in [2.24, 2.45) is 0 Å². The zero-order chi connectivity index (χ0) is 25.4. The van der Waals surface area contributed by atoms with Gasteiger partial charge in [0.25, 0.3) is 0 Å². The van der Waals surface area contributed by atoms with Crippen LogP contribution in [0.15, 0.2) is 85.2 Å². The van der Waals surface area contributed by atoms with Gasteiger partial charge < -0.3 is 14.4 Å². The van der Waals surface area contributed by atoms with Crippen LogP contribution in [-0.4, -0.2) is 15.5 Å². The van der Waals surface area contributed by atoms with Gasteiger partial charge in [0.15, 0.2) is 5.78 Å². The molecule has 5 rings (SSSR count). The molecule has 0 fully saturated rings. The number of rotatable bonds is 6. The number of benzene rings is 4. The lowest BCUT2D eigenvalue weighted by molar-refractivity contribution is 0.103. The van der Waals surface area contributed by atoms with Crippen LogP contribution in [0.25, 0.3) is 16.5 Å². The Bertz CT molecular complexity index is 1550. The topological polar surface area (TPSA) is 51.5 Å². The number of aromatic hydroxyl groups is 1. The van der Waals surface area contributed by atoms with E-state index in [0.29, 0.717) is 24.9 Å². The van der Waals surface area contributed by atoms with Crippen molar-refractivity contribution in [3.8, 4) is 17.2 Å². The molecule has 1 heterocycles. The van der Waals surface area contributed by atoms with Gasteiger partial charge in [-0.25, -0.2) is 0 Å². The van der Waals surface area contributed by atoms with E-state index in [0.717, 1.165) is 24.1 Å².